The van der Waals surface area contributed by atoms with Crippen LogP contribution in [0, 0.1) is 0 Å². The molecule has 1 saturated carbocycles. The Morgan fingerprint density at radius 2 is 1.80 bits per heavy atom. The summed E-state index contributed by atoms with van der Waals surface area (Å²) >= 11 is 9.18. The van der Waals surface area contributed by atoms with Crippen LogP contribution in [0.25, 0.3) is 0 Å². The Labute approximate surface area is 248 Å². The van der Waals surface area contributed by atoms with Gasteiger partial charge in [0.1, 0.15) is 10.9 Å². The maximum Gasteiger partial charge on any atom is 0.277 e. The van der Waals surface area contributed by atoms with Crippen molar-refractivity contribution in [3.63, 3.8) is 0 Å². The van der Waals surface area contributed by atoms with Gasteiger partial charge in [-0.1, -0.05) is 54.1 Å². The van der Waals surface area contributed by atoms with Gasteiger partial charge in [0.25, 0.3) is 16.1 Å². The molecule has 0 bridgehead atoms. The Hall–Kier alpha value is -2.77. The van der Waals surface area contributed by atoms with Gasteiger partial charge in [0.15, 0.2) is 0 Å². The number of anilines is 1. The predicted molar refractivity (Wildman–Crippen MR) is 159 cm³/mol. The van der Waals surface area contributed by atoms with E-state index in [-0.39, 0.29) is 35.6 Å². The van der Waals surface area contributed by atoms with E-state index in [9.17, 15) is 13.2 Å². The highest BCUT2D eigenvalue weighted by Gasteiger charge is 2.38. The highest BCUT2D eigenvalue weighted by atomic mass is 79.9. The van der Waals surface area contributed by atoms with Crippen molar-refractivity contribution in [3.8, 4) is 5.75 Å². The van der Waals surface area contributed by atoms with Gasteiger partial charge in [0, 0.05) is 37.3 Å². The number of nitrogens with one attached hydrogen (secondary N) is 4. The summed E-state index contributed by atoms with van der Waals surface area (Å²) in [7, 11) is -2.18. The number of nitrogens with zero attached hydrogens (tertiary/aromatic N) is 2. The van der Waals surface area contributed by atoms with Crippen LogP contribution in [0.5, 0.6) is 5.75 Å². The zero-order valence-electron chi connectivity index (χ0n) is 22.0. The van der Waals surface area contributed by atoms with Crippen molar-refractivity contribution in [1.29, 1.82) is 0 Å². The van der Waals surface area contributed by atoms with Crippen LogP contribution in [0.2, 0.25) is 5.15 Å². The summed E-state index contributed by atoms with van der Waals surface area (Å²) in [6.45, 7) is 0.855. The van der Waals surface area contributed by atoms with Gasteiger partial charge in [0.05, 0.1) is 17.1 Å². The van der Waals surface area contributed by atoms with Gasteiger partial charge in [-0.15, -0.1) is 0 Å². The highest BCUT2D eigenvalue weighted by Crippen LogP contribution is 2.39. The van der Waals surface area contributed by atoms with E-state index in [1.54, 1.807) is 18.2 Å². The summed E-state index contributed by atoms with van der Waals surface area (Å²) in [5.41, 5.74) is 1.28. The largest absolute Gasteiger partial charge is 0.496 e. The lowest BCUT2D eigenvalue weighted by atomic mass is 9.68. The molecule has 4 rings (SSSR count). The Morgan fingerprint density at radius 3 is 2.50 bits per heavy atom. The van der Waals surface area contributed by atoms with E-state index in [0.29, 0.717) is 54.0 Å². The molecule has 1 aliphatic rings. The van der Waals surface area contributed by atoms with Crippen LogP contribution < -0.4 is 24.8 Å². The van der Waals surface area contributed by atoms with E-state index >= 15 is 0 Å². The Kier molecular flexibility index (Phi) is 10.4. The van der Waals surface area contributed by atoms with Crippen molar-refractivity contribution in [1.82, 2.24) is 24.7 Å². The number of amides is 1. The molecule has 4 N–H and O–H groups in total. The molecule has 1 aliphatic carbocycles. The standard InChI is InChI=1S/C27H32BrClN6O4S/c1-39-23-10-6-5-9-21(23)25(36)32-18-27(19-7-3-2-4-8-19)13-11-20(12-14-27)35-40(37,38)33-16-15-30-26-31-17-22(28)24(29)34-26/h2-10,17,20,33,35H,11-16,18H2,1H3,(H,32,36)(H,30,31,34)/t20-,27-. The van der Waals surface area contributed by atoms with E-state index in [0.717, 1.165) is 5.56 Å². The molecule has 40 heavy (non-hydrogen) atoms. The van der Waals surface area contributed by atoms with E-state index < -0.39 is 10.2 Å². The number of carbonyl (C=O) groups excluding carboxylic acids is 1. The summed E-state index contributed by atoms with van der Waals surface area (Å²) in [6, 6.07) is 17.0. The van der Waals surface area contributed by atoms with Crippen LogP contribution in [0.3, 0.4) is 0 Å². The third-order valence-electron chi connectivity index (χ3n) is 6.99. The van der Waals surface area contributed by atoms with E-state index in [4.69, 9.17) is 16.3 Å². The molecule has 1 heterocycles. The first-order valence-electron chi connectivity index (χ1n) is 12.9. The smallest absolute Gasteiger partial charge is 0.277 e. The zero-order valence-corrected chi connectivity index (χ0v) is 25.2. The molecule has 0 radical (unpaired) electrons. The number of para-hydroxylation sites is 1. The topological polar surface area (TPSA) is 134 Å². The summed E-state index contributed by atoms with van der Waals surface area (Å²) in [5, 5.41) is 6.30. The van der Waals surface area contributed by atoms with Gasteiger partial charge >= 0.3 is 0 Å². The molecule has 1 aromatic heterocycles. The molecule has 1 amide bonds. The molecule has 0 spiro atoms. The molecule has 1 fully saturated rings. The van der Waals surface area contributed by atoms with Gasteiger partial charge in [-0.25, -0.2) is 9.71 Å². The number of hydrogen-bond donors (Lipinski definition) is 4. The molecule has 13 heteroatoms. The molecule has 0 unspecified atom stereocenters. The van der Waals surface area contributed by atoms with E-state index in [1.165, 1.54) is 13.3 Å². The number of halogens is 2. The average molecular weight is 652 g/mol. The molecule has 214 valence electrons. The predicted octanol–water partition coefficient (Wildman–Crippen LogP) is 4.05. The summed E-state index contributed by atoms with van der Waals surface area (Å²) in [5.74, 6) is 0.620. The number of aromatic nitrogens is 2. The first-order chi connectivity index (χ1) is 19.2. The Bertz CT molecular complexity index is 1410. The SMILES string of the molecule is COc1ccccc1C(=O)NC[C@]1(c2ccccc2)CC[C@H](NS(=O)(=O)NCCNc2ncc(Br)c(Cl)n2)CC1. The van der Waals surface area contributed by atoms with Crippen molar-refractivity contribution < 1.29 is 17.9 Å². The third-order valence-corrected chi connectivity index (χ3v) is 9.32. The summed E-state index contributed by atoms with van der Waals surface area (Å²) < 4.78 is 36.6. The third kappa shape index (κ3) is 7.91. The molecule has 10 nitrogen and oxygen atoms in total. The molecule has 0 aliphatic heterocycles. The lowest BCUT2D eigenvalue weighted by Crippen LogP contribution is -2.49. The second-order valence-electron chi connectivity index (χ2n) is 9.58. The van der Waals surface area contributed by atoms with E-state index in [1.807, 2.05) is 24.3 Å². The van der Waals surface area contributed by atoms with Crippen LogP contribution in [0.4, 0.5) is 5.95 Å². The zero-order chi connectivity index (χ0) is 28.6. The van der Waals surface area contributed by atoms with Crippen molar-refractivity contribution >= 4 is 49.6 Å². The number of rotatable bonds is 12. The lowest BCUT2D eigenvalue weighted by molar-refractivity contribution is 0.0932. The quantitative estimate of drug-likeness (QED) is 0.172. The second kappa shape index (κ2) is 13.7. The van der Waals surface area contributed by atoms with Crippen LogP contribution in [0.1, 0.15) is 41.6 Å². The van der Waals surface area contributed by atoms with Gasteiger partial charge in [-0.3, -0.25) is 4.79 Å². The van der Waals surface area contributed by atoms with Gasteiger partial charge in [-0.2, -0.15) is 18.1 Å². The number of benzene rings is 2. The molecule has 3 aromatic rings. The fourth-order valence-corrected chi connectivity index (χ4v) is 6.33. The normalized spacial score (nSPS) is 19.1. The fraction of sp³-hybridized carbons (Fsp3) is 0.370. The van der Waals surface area contributed by atoms with Crippen LogP contribution in [0.15, 0.2) is 65.3 Å². The molecule has 2 aromatic carbocycles. The van der Waals surface area contributed by atoms with Crippen LogP contribution in [-0.4, -0.2) is 57.1 Å². The summed E-state index contributed by atoms with van der Waals surface area (Å²) in [6.07, 6.45) is 4.19. The lowest BCUT2D eigenvalue weighted by Gasteiger charge is -2.41. The minimum atomic E-state index is -3.72. The monoisotopic (exact) mass is 650 g/mol. The molecule has 0 atom stereocenters. The van der Waals surface area contributed by atoms with Crippen molar-refractivity contribution in [2.75, 3.05) is 32.1 Å². The maximum absolute atomic E-state index is 13.0. The molecule has 0 saturated heterocycles. The van der Waals surface area contributed by atoms with Crippen molar-refractivity contribution in [2.24, 2.45) is 0 Å². The van der Waals surface area contributed by atoms with E-state index in [2.05, 4.69) is 58.1 Å². The average Bonchev–Trinajstić information content (AvgIpc) is 2.97. The minimum Gasteiger partial charge on any atom is -0.496 e. The van der Waals surface area contributed by atoms with Crippen molar-refractivity contribution in [3.05, 3.63) is 81.5 Å². The van der Waals surface area contributed by atoms with Gasteiger partial charge < -0.3 is 15.4 Å². The van der Waals surface area contributed by atoms with Gasteiger partial charge in [0.2, 0.25) is 5.95 Å². The first-order valence-corrected chi connectivity index (χ1v) is 15.5. The highest BCUT2D eigenvalue weighted by molar-refractivity contribution is 9.10. The van der Waals surface area contributed by atoms with Crippen LogP contribution in [-0.2, 0) is 15.6 Å². The number of hydrogen-bond acceptors (Lipinski definition) is 7. The molecular weight excluding hydrogens is 620 g/mol. The molecular formula is C27H32BrClN6O4S. The Balaban J connectivity index is 1.32. The van der Waals surface area contributed by atoms with Gasteiger partial charge in [-0.05, 0) is 59.3 Å². The van der Waals surface area contributed by atoms with Crippen LogP contribution >= 0.6 is 27.5 Å². The summed E-state index contributed by atoms with van der Waals surface area (Å²) in [4.78, 5) is 21.2. The minimum absolute atomic E-state index is 0.141. The number of ether oxygens (including phenoxy) is 1. The second-order valence-corrected chi connectivity index (χ2v) is 12.3. The fourth-order valence-electron chi connectivity index (χ4n) is 4.88. The van der Waals surface area contributed by atoms with Crippen molar-refractivity contribution in [2.45, 2.75) is 37.1 Å². The maximum atomic E-state index is 13.0. The number of methoxy groups -OCH3 is 1. The first kappa shape index (κ1) is 30.2. The Morgan fingerprint density at radius 1 is 1.10 bits per heavy atom. The number of carbonyl (C=O) groups is 1.